The molecule has 45 heavy (non-hydrogen) atoms. The van der Waals surface area contributed by atoms with Crippen LogP contribution in [0.5, 0.6) is 0 Å². The molecule has 0 atom stereocenters. The van der Waals surface area contributed by atoms with Gasteiger partial charge in [-0.15, -0.1) is 0 Å². The van der Waals surface area contributed by atoms with Gasteiger partial charge in [0.05, 0.1) is 16.4 Å². The molecule has 3 aromatic heterocycles. The van der Waals surface area contributed by atoms with Crippen molar-refractivity contribution in [3.8, 4) is 11.1 Å². The number of para-hydroxylation sites is 1. The highest BCUT2D eigenvalue weighted by molar-refractivity contribution is 7.22. The molecule has 9 nitrogen and oxygen atoms in total. The third-order valence-electron chi connectivity index (χ3n) is 9.24. The summed E-state index contributed by atoms with van der Waals surface area (Å²) in [5.74, 6) is -0.102. The van der Waals surface area contributed by atoms with Gasteiger partial charge in [-0.05, 0) is 73.6 Å². The quantitative estimate of drug-likeness (QED) is 0.183. The van der Waals surface area contributed by atoms with E-state index in [9.17, 15) is 14.7 Å². The molecule has 1 saturated carbocycles. The Morgan fingerprint density at radius 2 is 1.80 bits per heavy atom. The number of carbonyl (C=O) groups is 2. The summed E-state index contributed by atoms with van der Waals surface area (Å²) in [5.41, 5.74) is 5.82. The van der Waals surface area contributed by atoms with Crippen LogP contribution in [0.25, 0.3) is 21.3 Å². The van der Waals surface area contributed by atoms with Crippen LogP contribution in [0.2, 0.25) is 0 Å². The van der Waals surface area contributed by atoms with Gasteiger partial charge < -0.3 is 10.0 Å². The van der Waals surface area contributed by atoms with Gasteiger partial charge in [-0.3, -0.25) is 14.8 Å². The number of carboxylic acids is 1. The van der Waals surface area contributed by atoms with E-state index in [2.05, 4.69) is 31.3 Å². The lowest BCUT2D eigenvalue weighted by Gasteiger charge is -2.31. The van der Waals surface area contributed by atoms with Gasteiger partial charge in [-0.2, -0.15) is 5.10 Å². The average Bonchev–Trinajstić information content (AvgIpc) is 3.52. The summed E-state index contributed by atoms with van der Waals surface area (Å²) in [5, 5.41) is 18.5. The van der Waals surface area contributed by atoms with Crippen LogP contribution in [0.15, 0.2) is 60.8 Å². The Morgan fingerprint density at radius 3 is 2.60 bits per heavy atom. The minimum atomic E-state index is -1.07. The maximum Gasteiger partial charge on any atom is 0.355 e. The Balaban J connectivity index is 1.13. The van der Waals surface area contributed by atoms with Gasteiger partial charge in [0, 0.05) is 42.0 Å². The molecule has 2 aliphatic rings. The minimum absolute atomic E-state index is 0.0114. The Morgan fingerprint density at radius 1 is 0.978 bits per heavy atom. The van der Waals surface area contributed by atoms with Crippen molar-refractivity contribution in [2.45, 2.75) is 65.0 Å². The van der Waals surface area contributed by atoms with Crippen molar-refractivity contribution in [3.63, 3.8) is 0 Å². The molecule has 0 radical (unpaired) electrons. The van der Waals surface area contributed by atoms with Crippen molar-refractivity contribution in [2.24, 2.45) is 5.92 Å². The largest absolute Gasteiger partial charge is 0.476 e. The SMILES string of the molecule is Cc1c(-c2ccc(N3CCc4cccc(C(=O)Nc5nc6ccccc6s5)c4C3)nc2C(=O)O)cnn1CC1CCCCCC1. The standard InChI is InChI=1S/C35H36N6O3S/c1-22-27(19-36-41(22)20-23-9-4-2-3-5-10-23)25-15-16-31(38-32(25)34(43)44)40-18-17-24-11-8-12-26(28(24)21-40)33(42)39-35-37-29-13-6-7-14-30(29)45-35/h6-8,11-16,19,23H,2-5,9-10,17-18,20-21H2,1H3,(H,43,44)(H,37,39,42). The normalized spacial score (nSPS) is 15.5. The number of hydrogen-bond donors (Lipinski definition) is 2. The summed E-state index contributed by atoms with van der Waals surface area (Å²) in [4.78, 5) is 37.3. The van der Waals surface area contributed by atoms with Gasteiger partial charge in [0.15, 0.2) is 10.8 Å². The zero-order valence-electron chi connectivity index (χ0n) is 25.3. The highest BCUT2D eigenvalue weighted by Crippen LogP contribution is 2.33. The molecule has 1 amide bonds. The molecule has 0 bridgehead atoms. The number of nitrogens with zero attached hydrogens (tertiary/aromatic N) is 5. The van der Waals surface area contributed by atoms with Crippen LogP contribution < -0.4 is 10.2 Å². The van der Waals surface area contributed by atoms with Crippen LogP contribution in [0, 0.1) is 12.8 Å². The number of carboxylic acid groups (broad SMARTS) is 1. The van der Waals surface area contributed by atoms with Crippen LogP contribution >= 0.6 is 11.3 Å². The number of hydrogen-bond acceptors (Lipinski definition) is 7. The summed E-state index contributed by atoms with van der Waals surface area (Å²) in [6.07, 6.45) is 10.1. The number of thiazole rings is 1. The van der Waals surface area contributed by atoms with Crippen LogP contribution in [-0.2, 0) is 19.5 Å². The molecule has 4 heterocycles. The highest BCUT2D eigenvalue weighted by Gasteiger charge is 2.26. The zero-order valence-corrected chi connectivity index (χ0v) is 26.1. The molecule has 0 unspecified atom stereocenters. The van der Waals surface area contributed by atoms with Crippen LogP contribution in [0.1, 0.15) is 76.2 Å². The molecule has 5 aromatic rings. The van der Waals surface area contributed by atoms with Crippen molar-refractivity contribution >= 4 is 44.4 Å². The third-order valence-corrected chi connectivity index (χ3v) is 10.2. The number of carbonyl (C=O) groups excluding carboxylic acids is 1. The smallest absolute Gasteiger partial charge is 0.355 e. The molecule has 1 fully saturated rings. The molecule has 0 saturated heterocycles. The van der Waals surface area contributed by atoms with E-state index in [1.54, 1.807) is 6.20 Å². The van der Waals surface area contributed by atoms with Crippen molar-refractivity contribution in [3.05, 3.63) is 88.9 Å². The lowest BCUT2D eigenvalue weighted by molar-refractivity contribution is 0.0691. The lowest BCUT2D eigenvalue weighted by atomic mass is 9.94. The second kappa shape index (κ2) is 12.4. The predicted molar refractivity (Wildman–Crippen MR) is 177 cm³/mol. The molecule has 2 aromatic carbocycles. The number of nitrogens with one attached hydrogen (secondary N) is 1. The number of anilines is 2. The molecule has 1 aliphatic heterocycles. The molecule has 1 aliphatic carbocycles. The van der Waals surface area contributed by atoms with Crippen LogP contribution in [0.4, 0.5) is 10.9 Å². The fourth-order valence-corrected chi connectivity index (χ4v) is 7.63. The van der Waals surface area contributed by atoms with E-state index < -0.39 is 5.97 Å². The van der Waals surface area contributed by atoms with Crippen molar-refractivity contribution in [1.82, 2.24) is 19.7 Å². The Hall–Kier alpha value is -4.57. The fourth-order valence-electron chi connectivity index (χ4n) is 6.77. The molecule has 10 heteroatoms. The Labute approximate surface area is 265 Å². The van der Waals surface area contributed by atoms with Gasteiger partial charge in [0.2, 0.25) is 0 Å². The average molecular weight is 621 g/mol. The number of rotatable bonds is 7. The van der Waals surface area contributed by atoms with Crippen LogP contribution in [0.3, 0.4) is 0 Å². The van der Waals surface area contributed by atoms with E-state index in [-0.39, 0.29) is 11.6 Å². The van der Waals surface area contributed by atoms with Crippen molar-refractivity contribution < 1.29 is 14.7 Å². The number of amides is 1. The molecule has 230 valence electrons. The maximum atomic E-state index is 13.5. The first kappa shape index (κ1) is 29.2. The summed E-state index contributed by atoms with van der Waals surface area (Å²) in [7, 11) is 0. The summed E-state index contributed by atoms with van der Waals surface area (Å²) >= 11 is 1.45. The summed E-state index contributed by atoms with van der Waals surface area (Å²) in [6.45, 7) is 3.99. The number of pyridine rings is 1. The van der Waals surface area contributed by atoms with E-state index in [0.29, 0.717) is 41.1 Å². The monoisotopic (exact) mass is 620 g/mol. The topological polar surface area (TPSA) is 113 Å². The van der Waals surface area contributed by atoms with E-state index in [0.717, 1.165) is 45.6 Å². The number of fused-ring (bicyclic) bond motifs is 2. The Bertz CT molecular complexity index is 1850. The fraction of sp³-hybridized carbons (Fsp3) is 0.343. The number of aromatic carboxylic acids is 1. The molecule has 7 rings (SSSR count). The second-order valence-electron chi connectivity index (χ2n) is 12.1. The first-order valence-corrected chi connectivity index (χ1v) is 16.6. The lowest BCUT2D eigenvalue weighted by Crippen LogP contribution is -2.33. The van der Waals surface area contributed by atoms with E-state index in [1.165, 1.54) is 49.9 Å². The molecular formula is C35H36N6O3S. The maximum absolute atomic E-state index is 13.5. The second-order valence-corrected chi connectivity index (χ2v) is 13.1. The molecule has 2 N–H and O–H groups in total. The van der Waals surface area contributed by atoms with Crippen molar-refractivity contribution in [1.29, 1.82) is 0 Å². The van der Waals surface area contributed by atoms with Crippen LogP contribution in [-0.4, -0.2) is 43.3 Å². The number of aromatic nitrogens is 4. The Kier molecular flexibility index (Phi) is 8.06. The van der Waals surface area contributed by atoms with Gasteiger partial charge in [-0.25, -0.2) is 14.8 Å². The molecular weight excluding hydrogens is 584 g/mol. The van der Waals surface area contributed by atoms with Gasteiger partial charge in [0.1, 0.15) is 5.82 Å². The highest BCUT2D eigenvalue weighted by atomic mass is 32.1. The van der Waals surface area contributed by atoms with Gasteiger partial charge >= 0.3 is 5.97 Å². The first-order chi connectivity index (χ1) is 21.9. The third kappa shape index (κ3) is 5.94. The van der Waals surface area contributed by atoms with Gasteiger partial charge in [0.25, 0.3) is 5.91 Å². The summed E-state index contributed by atoms with van der Waals surface area (Å²) in [6, 6.07) is 17.3. The van der Waals surface area contributed by atoms with E-state index >= 15 is 0 Å². The first-order valence-electron chi connectivity index (χ1n) is 15.7. The summed E-state index contributed by atoms with van der Waals surface area (Å²) < 4.78 is 3.05. The predicted octanol–water partition coefficient (Wildman–Crippen LogP) is 7.35. The number of benzene rings is 2. The minimum Gasteiger partial charge on any atom is -0.476 e. The van der Waals surface area contributed by atoms with E-state index in [4.69, 9.17) is 0 Å². The van der Waals surface area contributed by atoms with Crippen molar-refractivity contribution in [2.75, 3.05) is 16.8 Å². The van der Waals surface area contributed by atoms with E-state index in [1.807, 2.05) is 60.1 Å². The van der Waals surface area contributed by atoms with Gasteiger partial charge in [-0.1, -0.05) is 61.3 Å². The zero-order chi connectivity index (χ0) is 30.9. The molecule has 0 spiro atoms.